The highest BCUT2D eigenvalue weighted by Crippen LogP contribution is 2.29. The minimum Gasteiger partial charge on any atom is -0.370 e. The summed E-state index contributed by atoms with van der Waals surface area (Å²) in [5.41, 5.74) is 1.24. The van der Waals surface area contributed by atoms with Gasteiger partial charge in [0.25, 0.3) is 5.69 Å². The molecule has 1 aliphatic heterocycles. The van der Waals surface area contributed by atoms with Gasteiger partial charge in [-0.15, -0.1) is 0 Å². The van der Waals surface area contributed by atoms with E-state index in [4.69, 9.17) is 0 Å². The van der Waals surface area contributed by atoms with Crippen molar-refractivity contribution in [3.63, 3.8) is 0 Å². The summed E-state index contributed by atoms with van der Waals surface area (Å²) >= 11 is 0. The second kappa shape index (κ2) is 5.70. The van der Waals surface area contributed by atoms with Gasteiger partial charge in [-0.3, -0.25) is 10.1 Å². The van der Waals surface area contributed by atoms with Gasteiger partial charge in [0.2, 0.25) is 0 Å². The van der Waals surface area contributed by atoms with E-state index in [9.17, 15) is 15.4 Å². The van der Waals surface area contributed by atoms with Crippen LogP contribution in [-0.2, 0) is 0 Å². The third kappa shape index (κ3) is 3.14. The van der Waals surface area contributed by atoms with E-state index in [0.717, 1.165) is 25.9 Å². The quantitative estimate of drug-likeness (QED) is 0.677. The summed E-state index contributed by atoms with van der Waals surface area (Å²) in [6.07, 6.45) is 4.60. The first kappa shape index (κ1) is 13.8. The highest BCUT2D eigenvalue weighted by Gasteiger charge is 2.28. The zero-order valence-electron chi connectivity index (χ0n) is 11.8. The third-order valence-electron chi connectivity index (χ3n) is 4.20. The van der Waals surface area contributed by atoms with Gasteiger partial charge in [0, 0.05) is 37.3 Å². The van der Waals surface area contributed by atoms with Crippen molar-refractivity contribution in [2.24, 2.45) is 0 Å². The number of non-ortho nitro benzene ring substituents is 1. The number of rotatable bonds is 4. The number of anilines is 1. The summed E-state index contributed by atoms with van der Waals surface area (Å²) in [6.45, 7) is 1.67. The van der Waals surface area contributed by atoms with Crippen molar-refractivity contribution in [3.8, 4) is 6.07 Å². The molecular weight excluding hydrogens is 268 g/mol. The average molecular weight is 286 g/mol. The minimum atomic E-state index is -0.411. The van der Waals surface area contributed by atoms with E-state index < -0.39 is 4.92 Å². The van der Waals surface area contributed by atoms with E-state index >= 15 is 0 Å². The van der Waals surface area contributed by atoms with Crippen LogP contribution in [0.4, 0.5) is 11.4 Å². The maximum atomic E-state index is 10.9. The van der Waals surface area contributed by atoms with Crippen LogP contribution in [-0.4, -0.2) is 30.1 Å². The molecule has 1 aromatic rings. The van der Waals surface area contributed by atoms with Gasteiger partial charge in [0.05, 0.1) is 16.2 Å². The fourth-order valence-corrected chi connectivity index (χ4v) is 2.86. The Morgan fingerprint density at radius 3 is 2.48 bits per heavy atom. The Hall–Kier alpha value is -2.13. The number of nitro benzene ring substituents is 1. The van der Waals surface area contributed by atoms with Crippen LogP contribution in [0.2, 0.25) is 0 Å². The lowest BCUT2D eigenvalue weighted by atomic mass is 10.0. The second-order valence-corrected chi connectivity index (χ2v) is 5.77. The van der Waals surface area contributed by atoms with Crippen LogP contribution in [0.3, 0.4) is 0 Å². The number of nitro groups is 1. The van der Waals surface area contributed by atoms with Gasteiger partial charge >= 0.3 is 0 Å². The van der Waals surface area contributed by atoms with Gasteiger partial charge in [0.15, 0.2) is 0 Å². The number of nitrogens with one attached hydrogen (secondary N) is 1. The van der Waals surface area contributed by atoms with Gasteiger partial charge in [-0.05, 0) is 31.7 Å². The molecule has 21 heavy (non-hydrogen) atoms. The summed E-state index contributed by atoms with van der Waals surface area (Å²) in [6, 6.07) is 7.83. The zero-order chi connectivity index (χ0) is 14.8. The number of piperidine rings is 1. The number of benzene rings is 1. The highest BCUT2D eigenvalue weighted by molar-refractivity contribution is 5.63. The van der Waals surface area contributed by atoms with Gasteiger partial charge in [-0.1, -0.05) is 0 Å². The van der Waals surface area contributed by atoms with Gasteiger partial charge in [0.1, 0.15) is 6.07 Å². The molecule has 2 fully saturated rings. The molecule has 0 spiro atoms. The van der Waals surface area contributed by atoms with Gasteiger partial charge in [-0.25, -0.2) is 0 Å². The first-order valence-electron chi connectivity index (χ1n) is 7.37. The maximum Gasteiger partial charge on any atom is 0.271 e. The normalized spacial score (nSPS) is 19.3. The Morgan fingerprint density at radius 1 is 1.24 bits per heavy atom. The molecule has 3 rings (SSSR count). The van der Waals surface area contributed by atoms with Gasteiger partial charge < -0.3 is 10.2 Å². The molecule has 0 bridgehead atoms. The lowest BCUT2D eigenvalue weighted by Gasteiger charge is -2.34. The molecular formula is C15H18N4O2. The first-order valence-corrected chi connectivity index (χ1v) is 7.37. The maximum absolute atomic E-state index is 10.9. The predicted molar refractivity (Wildman–Crippen MR) is 79.2 cm³/mol. The largest absolute Gasteiger partial charge is 0.370 e. The van der Waals surface area contributed by atoms with Crippen LogP contribution in [0.15, 0.2) is 18.2 Å². The summed E-state index contributed by atoms with van der Waals surface area (Å²) in [7, 11) is 0. The van der Waals surface area contributed by atoms with Crippen molar-refractivity contribution >= 4 is 11.4 Å². The molecule has 110 valence electrons. The fourth-order valence-electron chi connectivity index (χ4n) is 2.86. The molecule has 1 aromatic carbocycles. The van der Waals surface area contributed by atoms with Crippen molar-refractivity contribution in [1.29, 1.82) is 5.26 Å². The van der Waals surface area contributed by atoms with E-state index in [2.05, 4.69) is 16.3 Å². The first-order chi connectivity index (χ1) is 10.2. The second-order valence-electron chi connectivity index (χ2n) is 5.77. The minimum absolute atomic E-state index is 0.0437. The molecule has 6 nitrogen and oxygen atoms in total. The van der Waals surface area contributed by atoms with E-state index in [-0.39, 0.29) is 5.69 Å². The Bertz CT molecular complexity index is 584. The molecule has 1 heterocycles. The van der Waals surface area contributed by atoms with Crippen molar-refractivity contribution in [2.75, 3.05) is 18.0 Å². The topological polar surface area (TPSA) is 82.2 Å². The van der Waals surface area contributed by atoms with E-state index in [1.165, 1.54) is 25.0 Å². The lowest BCUT2D eigenvalue weighted by molar-refractivity contribution is -0.384. The van der Waals surface area contributed by atoms with Crippen molar-refractivity contribution in [3.05, 3.63) is 33.9 Å². The van der Waals surface area contributed by atoms with Gasteiger partial charge in [-0.2, -0.15) is 5.26 Å². The highest BCUT2D eigenvalue weighted by atomic mass is 16.6. The monoisotopic (exact) mass is 286 g/mol. The number of hydrogen-bond acceptors (Lipinski definition) is 5. The van der Waals surface area contributed by atoms with E-state index in [1.807, 2.05) is 0 Å². The van der Waals surface area contributed by atoms with Crippen LogP contribution >= 0.6 is 0 Å². The number of nitrogens with zero attached hydrogens (tertiary/aromatic N) is 3. The van der Waals surface area contributed by atoms with E-state index in [1.54, 1.807) is 6.07 Å². The Balaban J connectivity index is 1.72. The molecule has 0 unspecified atom stereocenters. The van der Waals surface area contributed by atoms with Crippen molar-refractivity contribution in [1.82, 2.24) is 5.32 Å². The van der Waals surface area contributed by atoms with Crippen molar-refractivity contribution < 1.29 is 4.92 Å². The number of hydrogen-bond donors (Lipinski definition) is 1. The predicted octanol–water partition coefficient (Wildman–Crippen LogP) is 2.19. The molecule has 0 aromatic heterocycles. The number of nitriles is 1. The Labute approximate surface area is 123 Å². The molecule has 2 aliphatic rings. The van der Waals surface area contributed by atoms with Crippen LogP contribution in [0.1, 0.15) is 31.2 Å². The molecule has 1 saturated heterocycles. The smallest absolute Gasteiger partial charge is 0.271 e. The zero-order valence-corrected chi connectivity index (χ0v) is 11.8. The average Bonchev–Trinajstić information content (AvgIpc) is 3.31. The summed E-state index contributed by atoms with van der Waals surface area (Å²) in [4.78, 5) is 12.6. The molecule has 1 saturated carbocycles. The molecule has 0 radical (unpaired) electrons. The summed E-state index contributed by atoms with van der Waals surface area (Å²) in [5.74, 6) is 0. The summed E-state index contributed by atoms with van der Waals surface area (Å²) < 4.78 is 0. The Morgan fingerprint density at radius 2 is 1.90 bits per heavy atom. The molecule has 1 aliphatic carbocycles. The molecule has 1 N–H and O–H groups in total. The van der Waals surface area contributed by atoms with E-state index in [0.29, 0.717) is 23.3 Å². The van der Waals surface area contributed by atoms with Crippen LogP contribution in [0.25, 0.3) is 0 Å². The third-order valence-corrected chi connectivity index (χ3v) is 4.20. The van der Waals surface area contributed by atoms with Crippen LogP contribution < -0.4 is 10.2 Å². The standard InChI is InChI=1S/C15H18N4O2/c16-10-11-1-4-14(19(20)21)9-15(11)18-7-5-13(6-8-18)17-12-2-3-12/h1,4,9,12-13,17H,2-3,5-8H2. The van der Waals surface area contributed by atoms with Crippen molar-refractivity contribution in [2.45, 2.75) is 37.8 Å². The molecule has 0 atom stereocenters. The SMILES string of the molecule is N#Cc1ccc([N+](=O)[O-])cc1N1CCC(NC2CC2)CC1. The van der Waals surface area contributed by atoms with Crippen LogP contribution in [0.5, 0.6) is 0 Å². The lowest BCUT2D eigenvalue weighted by Crippen LogP contribution is -2.43. The molecule has 6 heteroatoms. The van der Waals surface area contributed by atoms with Crippen LogP contribution in [0, 0.1) is 21.4 Å². The fraction of sp³-hybridized carbons (Fsp3) is 0.533. The molecule has 0 amide bonds. The Kier molecular flexibility index (Phi) is 3.76. The summed E-state index contributed by atoms with van der Waals surface area (Å²) in [5, 5.41) is 23.7.